The van der Waals surface area contributed by atoms with Crippen LogP contribution in [-0.4, -0.2) is 30.1 Å². The highest BCUT2D eigenvalue weighted by atomic mass is 19.1. The highest BCUT2D eigenvalue weighted by Crippen LogP contribution is 2.30. The van der Waals surface area contributed by atoms with Crippen molar-refractivity contribution >= 4 is 23.4 Å². The van der Waals surface area contributed by atoms with E-state index in [0.29, 0.717) is 37.4 Å². The predicted molar refractivity (Wildman–Crippen MR) is 128 cm³/mol. The topological polar surface area (TPSA) is 64.7 Å². The largest absolute Gasteiger partial charge is 0.334 e. The number of nitrogens with zero attached hydrogens (tertiary/aromatic N) is 2. The number of carbonyl (C=O) groups excluding carboxylic acids is 2. The van der Waals surface area contributed by atoms with E-state index >= 15 is 0 Å². The van der Waals surface area contributed by atoms with Crippen LogP contribution in [0.4, 0.5) is 29.7 Å². The van der Waals surface area contributed by atoms with Crippen molar-refractivity contribution in [2.75, 3.05) is 23.3 Å². The number of nitrogens with one attached hydrogen (secondary N) is 2. The van der Waals surface area contributed by atoms with Crippen molar-refractivity contribution in [2.45, 2.75) is 26.4 Å². The van der Waals surface area contributed by atoms with Crippen molar-refractivity contribution in [3.05, 3.63) is 95.1 Å². The van der Waals surface area contributed by atoms with Crippen LogP contribution in [0.5, 0.6) is 0 Å². The zero-order valence-corrected chi connectivity index (χ0v) is 18.9. The van der Waals surface area contributed by atoms with E-state index in [2.05, 4.69) is 10.6 Å². The van der Waals surface area contributed by atoms with Gasteiger partial charge in [-0.05, 0) is 42.7 Å². The number of aryl methyl sites for hydroxylation is 1. The van der Waals surface area contributed by atoms with Gasteiger partial charge in [0, 0.05) is 31.3 Å². The molecular formula is C26H26F2N4O2. The molecule has 34 heavy (non-hydrogen) atoms. The maximum absolute atomic E-state index is 14.2. The summed E-state index contributed by atoms with van der Waals surface area (Å²) < 4.78 is 27.4. The molecule has 0 atom stereocenters. The minimum atomic E-state index is -0.683. The molecule has 2 N–H and O–H groups in total. The molecule has 8 heteroatoms. The van der Waals surface area contributed by atoms with Crippen LogP contribution >= 0.6 is 0 Å². The fourth-order valence-corrected chi connectivity index (χ4v) is 3.94. The Morgan fingerprint density at radius 3 is 2.56 bits per heavy atom. The summed E-state index contributed by atoms with van der Waals surface area (Å²) >= 11 is 0. The van der Waals surface area contributed by atoms with E-state index < -0.39 is 11.6 Å². The van der Waals surface area contributed by atoms with E-state index in [0.717, 1.165) is 17.2 Å². The molecule has 1 fully saturated rings. The Bertz CT molecular complexity index is 1190. The number of benzene rings is 3. The molecule has 1 saturated heterocycles. The summed E-state index contributed by atoms with van der Waals surface area (Å²) in [4.78, 5) is 29.0. The number of anilines is 2. The second kappa shape index (κ2) is 10.3. The molecule has 0 saturated carbocycles. The monoisotopic (exact) mass is 464 g/mol. The summed E-state index contributed by atoms with van der Waals surface area (Å²) in [6.07, 6.45) is 0.669. The first-order valence-electron chi connectivity index (χ1n) is 11.1. The van der Waals surface area contributed by atoms with Crippen molar-refractivity contribution in [1.29, 1.82) is 0 Å². The lowest BCUT2D eigenvalue weighted by molar-refractivity contribution is 0.192. The van der Waals surface area contributed by atoms with E-state index in [1.54, 1.807) is 11.0 Å². The SMILES string of the molecule is Cc1ccc(N2CCCN(Cc3ccc(F)cc3F)C2=O)c(NC(=O)NCc2ccccc2)c1. The fourth-order valence-electron chi connectivity index (χ4n) is 3.94. The lowest BCUT2D eigenvalue weighted by atomic mass is 10.1. The van der Waals surface area contributed by atoms with Crippen molar-refractivity contribution in [3.63, 3.8) is 0 Å². The molecule has 3 aromatic carbocycles. The number of rotatable bonds is 6. The van der Waals surface area contributed by atoms with Crippen LogP contribution in [0.1, 0.15) is 23.1 Å². The molecule has 0 bridgehead atoms. The predicted octanol–water partition coefficient (Wildman–Crippen LogP) is 5.43. The van der Waals surface area contributed by atoms with Crippen molar-refractivity contribution < 1.29 is 18.4 Å². The van der Waals surface area contributed by atoms with E-state index in [1.165, 1.54) is 17.0 Å². The Kier molecular flexibility index (Phi) is 7.06. The van der Waals surface area contributed by atoms with Crippen molar-refractivity contribution in [3.8, 4) is 0 Å². The Hall–Kier alpha value is -3.94. The molecule has 6 nitrogen and oxygen atoms in total. The third kappa shape index (κ3) is 5.51. The van der Waals surface area contributed by atoms with Crippen LogP contribution in [0, 0.1) is 18.6 Å². The first-order chi connectivity index (χ1) is 16.4. The summed E-state index contributed by atoms with van der Waals surface area (Å²) in [6.45, 7) is 3.22. The van der Waals surface area contributed by atoms with Gasteiger partial charge < -0.3 is 15.5 Å². The first kappa shape index (κ1) is 23.2. The Morgan fingerprint density at radius 2 is 1.79 bits per heavy atom. The number of hydrogen-bond acceptors (Lipinski definition) is 2. The highest BCUT2D eigenvalue weighted by Gasteiger charge is 2.29. The van der Waals surface area contributed by atoms with Gasteiger partial charge in [-0.1, -0.05) is 42.5 Å². The summed E-state index contributed by atoms with van der Waals surface area (Å²) in [6, 6.07) is 17.7. The van der Waals surface area contributed by atoms with E-state index in [1.807, 2.05) is 49.4 Å². The number of carbonyl (C=O) groups is 2. The average molecular weight is 465 g/mol. The molecule has 0 radical (unpaired) electrons. The Morgan fingerprint density at radius 1 is 1.00 bits per heavy atom. The minimum absolute atomic E-state index is 0.0353. The third-order valence-electron chi connectivity index (χ3n) is 5.67. The molecule has 176 valence electrons. The van der Waals surface area contributed by atoms with Crippen molar-refractivity contribution in [1.82, 2.24) is 10.2 Å². The number of halogens is 2. The van der Waals surface area contributed by atoms with Gasteiger partial charge in [0.1, 0.15) is 11.6 Å². The molecule has 3 aromatic rings. The van der Waals surface area contributed by atoms with E-state index in [4.69, 9.17) is 0 Å². The van der Waals surface area contributed by atoms with Gasteiger partial charge in [-0.15, -0.1) is 0 Å². The maximum atomic E-state index is 14.2. The summed E-state index contributed by atoms with van der Waals surface area (Å²) in [5.74, 6) is -1.34. The molecule has 0 aliphatic carbocycles. The van der Waals surface area contributed by atoms with Gasteiger partial charge in [0.15, 0.2) is 0 Å². The zero-order chi connectivity index (χ0) is 24.1. The minimum Gasteiger partial charge on any atom is -0.334 e. The van der Waals surface area contributed by atoms with Gasteiger partial charge in [-0.3, -0.25) is 4.90 Å². The van der Waals surface area contributed by atoms with Gasteiger partial charge >= 0.3 is 12.1 Å². The molecular weight excluding hydrogens is 438 g/mol. The second-order valence-electron chi connectivity index (χ2n) is 8.26. The summed E-state index contributed by atoms with van der Waals surface area (Å²) in [5.41, 5.74) is 3.22. The lowest BCUT2D eigenvalue weighted by Gasteiger charge is -2.36. The summed E-state index contributed by atoms with van der Waals surface area (Å²) in [5, 5.41) is 5.68. The number of amides is 4. The lowest BCUT2D eigenvalue weighted by Crippen LogP contribution is -2.49. The Balaban J connectivity index is 1.49. The number of hydrogen-bond donors (Lipinski definition) is 2. The molecule has 1 aliphatic heterocycles. The van der Waals surface area contributed by atoms with E-state index in [-0.39, 0.29) is 24.2 Å². The van der Waals surface area contributed by atoms with Gasteiger partial charge in [0.25, 0.3) is 0 Å². The van der Waals surface area contributed by atoms with Gasteiger partial charge in [0.05, 0.1) is 17.9 Å². The molecule has 0 aromatic heterocycles. The van der Waals surface area contributed by atoms with Gasteiger partial charge in [0.2, 0.25) is 0 Å². The van der Waals surface area contributed by atoms with E-state index in [9.17, 15) is 18.4 Å². The molecule has 1 aliphatic rings. The highest BCUT2D eigenvalue weighted by molar-refractivity contribution is 6.00. The van der Waals surface area contributed by atoms with Gasteiger partial charge in [-0.2, -0.15) is 0 Å². The molecule has 4 rings (SSSR count). The molecule has 1 heterocycles. The van der Waals surface area contributed by atoms with Gasteiger partial charge in [-0.25, -0.2) is 18.4 Å². The molecule has 0 spiro atoms. The van der Waals surface area contributed by atoms with Crippen LogP contribution in [-0.2, 0) is 13.1 Å². The molecule has 4 amide bonds. The molecule has 0 unspecified atom stereocenters. The van der Waals surface area contributed by atoms with Crippen LogP contribution in [0.25, 0.3) is 0 Å². The first-order valence-corrected chi connectivity index (χ1v) is 11.1. The average Bonchev–Trinajstić information content (AvgIpc) is 2.82. The third-order valence-corrected chi connectivity index (χ3v) is 5.67. The van der Waals surface area contributed by atoms with Crippen LogP contribution in [0.15, 0.2) is 66.7 Å². The smallest absolute Gasteiger partial charge is 0.324 e. The van der Waals surface area contributed by atoms with Crippen LogP contribution in [0.2, 0.25) is 0 Å². The van der Waals surface area contributed by atoms with Crippen LogP contribution < -0.4 is 15.5 Å². The standard InChI is InChI=1S/C26H26F2N4O2/c1-18-8-11-24(23(14-18)30-25(33)29-16-19-6-3-2-4-7-19)32-13-5-12-31(26(32)34)17-20-9-10-21(27)15-22(20)28/h2-4,6-11,14-15H,5,12-13,16-17H2,1H3,(H2,29,30,33). The number of urea groups is 2. The zero-order valence-electron chi connectivity index (χ0n) is 18.9. The summed E-state index contributed by atoms with van der Waals surface area (Å²) in [7, 11) is 0. The normalized spacial score (nSPS) is 13.7. The maximum Gasteiger partial charge on any atom is 0.324 e. The quantitative estimate of drug-likeness (QED) is 0.511. The Labute approximate surface area is 197 Å². The fraction of sp³-hybridized carbons (Fsp3) is 0.231. The second-order valence-corrected chi connectivity index (χ2v) is 8.26. The van der Waals surface area contributed by atoms with Crippen LogP contribution in [0.3, 0.4) is 0 Å². The van der Waals surface area contributed by atoms with Crippen molar-refractivity contribution in [2.24, 2.45) is 0 Å².